The minimum absolute atomic E-state index is 0.142. The first-order chi connectivity index (χ1) is 10.7. The third-order valence-corrected chi connectivity index (χ3v) is 3.48. The number of benzene rings is 1. The fourth-order valence-corrected chi connectivity index (χ4v) is 2.52. The Kier molecular flexibility index (Phi) is 3.97. The molecule has 3 N–H and O–H groups in total. The number of aliphatic hydroxyl groups is 1. The number of carbonyl (C=O) groups is 1. The molecule has 7 heteroatoms. The lowest BCUT2D eigenvalue weighted by molar-refractivity contribution is 0.0553. The van der Waals surface area contributed by atoms with Crippen LogP contribution in [0.5, 0.6) is 5.75 Å². The van der Waals surface area contributed by atoms with Gasteiger partial charge in [-0.25, -0.2) is 4.79 Å². The summed E-state index contributed by atoms with van der Waals surface area (Å²) in [6.45, 7) is 0.276. The maximum atomic E-state index is 11.5. The molecule has 1 aromatic carbocycles. The smallest absolute Gasteiger partial charge is 0.407 e. The van der Waals surface area contributed by atoms with Crippen molar-refractivity contribution in [1.29, 1.82) is 0 Å². The van der Waals surface area contributed by atoms with Gasteiger partial charge in [0.15, 0.2) is 0 Å². The van der Waals surface area contributed by atoms with E-state index in [-0.39, 0.29) is 25.3 Å². The van der Waals surface area contributed by atoms with Gasteiger partial charge in [0.1, 0.15) is 18.5 Å². The number of H-pyrrole nitrogens is 1. The van der Waals surface area contributed by atoms with E-state index in [4.69, 9.17) is 14.6 Å². The molecule has 0 saturated heterocycles. The molecule has 1 aromatic heterocycles. The molecule has 0 aliphatic carbocycles. The van der Waals surface area contributed by atoms with Gasteiger partial charge in [-0.05, 0) is 18.2 Å². The van der Waals surface area contributed by atoms with Crippen LogP contribution in [0.4, 0.5) is 4.79 Å². The minimum Gasteiger partial charge on any atom is -0.489 e. The topological polar surface area (TPSA) is 101 Å². The van der Waals surface area contributed by atoms with Gasteiger partial charge in [-0.15, -0.1) is 0 Å². The molecule has 1 amide bonds. The highest BCUT2D eigenvalue weighted by Gasteiger charge is 2.24. The van der Waals surface area contributed by atoms with Crippen LogP contribution in [0.1, 0.15) is 5.56 Å². The van der Waals surface area contributed by atoms with Gasteiger partial charge in [0.2, 0.25) is 5.56 Å². The molecular formula is C15H16N2O5. The molecule has 1 unspecified atom stereocenters. The predicted octanol–water partition coefficient (Wildman–Crippen LogP) is 0.550. The summed E-state index contributed by atoms with van der Waals surface area (Å²) in [6, 6.07) is 6.80. The summed E-state index contributed by atoms with van der Waals surface area (Å²) in [5, 5.41) is 12.0. The number of alkyl carbamates (subject to hydrolysis) is 1. The highest BCUT2D eigenvalue weighted by Crippen LogP contribution is 2.31. The van der Waals surface area contributed by atoms with Crippen LogP contribution >= 0.6 is 0 Å². The van der Waals surface area contributed by atoms with Crippen LogP contribution in [0, 0.1) is 0 Å². The number of fused-ring (bicyclic) bond motifs is 3. The number of aromatic nitrogens is 1. The maximum absolute atomic E-state index is 11.5. The van der Waals surface area contributed by atoms with Crippen LogP contribution in [0.2, 0.25) is 0 Å². The Hall–Kier alpha value is -2.54. The van der Waals surface area contributed by atoms with Crippen molar-refractivity contribution in [2.45, 2.75) is 12.5 Å². The van der Waals surface area contributed by atoms with Crippen molar-refractivity contribution in [2.75, 3.05) is 19.8 Å². The number of amides is 1. The third-order valence-electron chi connectivity index (χ3n) is 3.48. The number of aliphatic hydroxyl groups excluding tert-OH is 1. The molecule has 0 bridgehead atoms. The molecule has 2 heterocycles. The van der Waals surface area contributed by atoms with E-state index >= 15 is 0 Å². The lowest BCUT2D eigenvalue weighted by Crippen LogP contribution is -2.36. The van der Waals surface area contributed by atoms with Crippen molar-refractivity contribution in [3.05, 3.63) is 40.2 Å². The van der Waals surface area contributed by atoms with E-state index in [1.807, 2.05) is 0 Å². The van der Waals surface area contributed by atoms with Crippen LogP contribution in [0.25, 0.3) is 10.9 Å². The van der Waals surface area contributed by atoms with Crippen LogP contribution in [0.3, 0.4) is 0 Å². The van der Waals surface area contributed by atoms with Crippen LogP contribution in [-0.4, -0.2) is 42.0 Å². The average Bonchev–Trinajstić information content (AvgIpc) is 2.52. The molecule has 1 atom stereocenters. The van der Waals surface area contributed by atoms with Crippen molar-refractivity contribution in [3.63, 3.8) is 0 Å². The number of carbonyl (C=O) groups excluding carboxylic acids is 1. The quantitative estimate of drug-likeness (QED) is 0.769. The number of rotatable bonds is 3. The number of aromatic amines is 1. The standard InChI is InChI=1S/C15H16N2O5/c18-6-5-16-15(20)22-9-7-11-10-1-4-14(19)17-12(10)2-3-13(11)21-8-9/h1-4,9,18H,5-8H2,(H,16,20)(H,17,19). The van der Waals surface area contributed by atoms with E-state index in [1.54, 1.807) is 18.2 Å². The number of ether oxygens (including phenoxy) is 2. The van der Waals surface area contributed by atoms with Gasteiger partial charge in [-0.3, -0.25) is 4.79 Å². The zero-order chi connectivity index (χ0) is 15.5. The fourth-order valence-electron chi connectivity index (χ4n) is 2.52. The third kappa shape index (κ3) is 2.89. The summed E-state index contributed by atoms with van der Waals surface area (Å²) in [6.07, 6.45) is -0.492. The second kappa shape index (κ2) is 6.07. The van der Waals surface area contributed by atoms with Gasteiger partial charge in [0.25, 0.3) is 0 Å². The summed E-state index contributed by atoms with van der Waals surface area (Å²) in [7, 11) is 0. The molecular weight excluding hydrogens is 288 g/mol. The molecule has 0 spiro atoms. The Morgan fingerprint density at radius 1 is 1.41 bits per heavy atom. The van der Waals surface area contributed by atoms with E-state index < -0.39 is 12.2 Å². The van der Waals surface area contributed by atoms with Crippen molar-refractivity contribution in [2.24, 2.45) is 0 Å². The molecule has 3 rings (SSSR count). The first-order valence-corrected chi connectivity index (χ1v) is 7.00. The molecule has 0 saturated carbocycles. The first-order valence-electron chi connectivity index (χ1n) is 7.00. The molecule has 116 valence electrons. The molecule has 0 fully saturated rings. The number of hydrogen-bond donors (Lipinski definition) is 3. The normalized spacial score (nSPS) is 16.7. The number of pyridine rings is 1. The Morgan fingerprint density at radius 3 is 3.09 bits per heavy atom. The second-order valence-electron chi connectivity index (χ2n) is 5.02. The summed E-state index contributed by atoms with van der Waals surface area (Å²) in [4.78, 5) is 25.7. The molecule has 1 aliphatic heterocycles. The zero-order valence-corrected chi connectivity index (χ0v) is 11.8. The summed E-state index contributed by atoms with van der Waals surface area (Å²) < 4.78 is 10.9. The predicted molar refractivity (Wildman–Crippen MR) is 79.1 cm³/mol. The summed E-state index contributed by atoms with van der Waals surface area (Å²) >= 11 is 0. The number of nitrogens with one attached hydrogen (secondary N) is 2. The lowest BCUT2D eigenvalue weighted by Gasteiger charge is -2.26. The Bertz CT molecular complexity index is 755. The highest BCUT2D eigenvalue weighted by molar-refractivity contribution is 5.84. The number of hydrogen-bond acceptors (Lipinski definition) is 5. The fraction of sp³-hybridized carbons (Fsp3) is 0.333. The lowest BCUT2D eigenvalue weighted by atomic mass is 9.99. The van der Waals surface area contributed by atoms with Crippen molar-refractivity contribution in [3.8, 4) is 5.75 Å². The van der Waals surface area contributed by atoms with Crippen LogP contribution in [0.15, 0.2) is 29.1 Å². The zero-order valence-electron chi connectivity index (χ0n) is 11.8. The highest BCUT2D eigenvalue weighted by atomic mass is 16.6. The van der Waals surface area contributed by atoms with E-state index in [9.17, 15) is 9.59 Å². The van der Waals surface area contributed by atoms with E-state index in [0.717, 1.165) is 22.2 Å². The maximum Gasteiger partial charge on any atom is 0.407 e. The van der Waals surface area contributed by atoms with Gasteiger partial charge >= 0.3 is 6.09 Å². The second-order valence-corrected chi connectivity index (χ2v) is 5.02. The molecule has 7 nitrogen and oxygen atoms in total. The van der Waals surface area contributed by atoms with E-state index in [0.29, 0.717) is 6.42 Å². The Labute approximate surface area is 125 Å². The van der Waals surface area contributed by atoms with Crippen molar-refractivity contribution >= 4 is 17.0 Å². The molecule has 2 aromatic rings. The van der Waals surface area contributed by atoms with Gasteiger partial charge in [0, 0.05) is 35.5 Å². The van der Waals surface area contributed by atoms with Gasteiger partial charge in [-0.1, -0.05) is 0 Å². The summed E-state index contributed by atoms with van der Waals surface area (Å²) in [5.41, 5.74) is 1.46. The van der Waals surface area contributed by atoms with Gasteiger partial charge < -0.3 is 24.9 Å². The Morgan fingerprint density at radius 2 is 2.27 bits per heavy atom. The SMILES string of the molecule is O=C(NCCO)OC1COc2ccc3[nH]c(=O)ccc3c2C1. The molecule has 1 aliphatic rings. The summed E-state index contributed by atoms with van der Waals surface area (Å²) in [5.74, 6) is 0.732. The monoisotopic (exact) mass is 304 g/mol. The van der Waals surface area contributed by atoms with Crippen LogP contribution < -0.4 is 15.6 Å². The van der Waals surface area contributed by atoms with Crippen LogP contribution in [-0.2, 0) is 11.2 Å². The van der Waals surface area contributed by atoms with Gasteiger partial charge in [-0.2, -0.15) is 0 Å². The minimum atomic E-state index is -0.584. The Balaban J connectivity index is 1.82. The first kappa shape index (κ1) is 14.4. The van der Waals surface area contributed by atoms with Crippen molar-refractivity contribution in [1.82, 2.24) is 10.3 Å². The molecule has 0 radical (unpaired) electrons. The van der Waals surface area contributed by atoms with Crippen molar-refractivity contribution < 1.29 is 19.4 Å². The largest absolute Gasteiger partial charge is 0.489 e. The van der Waals surface area contributed by atoms with E-state index in [1.165, 1.54) is 6.07 Å². The van der Waals surface area contributed by atoms with E-state index in [2.05, 4.69) is 10.3 Å². The average molecular weight is 304 g/mol. The molecule has 22 heavy (non-hydrogen) atoms. The van der Waals surface area contributed by atoms with Gasteiger partial charge in [0.05, 0.1) is 6.61 Å².